The summed E-state index contributed by atoms with van der Waals surface area (Å²) in [6, 6.07) is 41.8. The standard InChI is InChI=1S/C33H32N2O2/c1-2-31(36-24-26-15-7-3-8-16-26)33(37-25-27-17-9-4-10-18-27)30(23-34)35-32(28-19-11-5-12-20-28)29-21-13-6-14-22-29/h2-22,30-33,35H,1,24-25H2/t30-,31+,33+/m0/s1. The largest absolute Gasteiger partial charge is 0.368 e. The van der Waals surface area contributed by atoms with E-state index in [0.717, 1.165) is 22.3 Å². The molecule has 4 aromatic rings. The number of ether oxygens (including phenoxy) is 2. The van der Waals surface area contributed by atoms with Crippen LogP contribution in [0, 0.1) is 11.3 Å². The Morgan fingerprint density at radius 2 is 1.11 bits per heavy atom. The number of nitriles is 1. The van der Waals surface area contributed by atoms with E-state index in [9.17, 15) is 5.26 Å². The molecule has 0 aliphatic carbocycles. The van der Waals surface area contributed by atoms with Gasteiger partial charge in [0.25, 0.3) is 0 Å². The first kappa shape index (κ1) is 26.1. The topological polar surface area (TPSA) is 54.3 Å². The van der Waals surface area contributed by atoms with E-state index in [2.05, 4.69) is 42.2 Å². The van der Waals surface area contributed by atoms with Gasteiger partial charge < -0.3 is 9.47 Å². The summed E-state index contributed by atoms with van der Waals surface area (Å²) in [5.74, 6) is 0. The van der Waals surface area contributed by atoms with Crippen LogP contribution >= 0.6 is 0 Å². The highest BCUT2D eigenvalue weighted by molar-refractivity contribution is 5.32. The highest BCUT2D eigenvalue weighted by atomic mass is 16.5. The van der Waals surface area contributed by atoms with Gasteiger partial charge in [0.1, 0.15) is 18.2 Å². The number of nitrogens with zero attached hydrogens (tertiary/aromatic N) is 1. The van der Waals surface area contributed by atoms with E-state index in [0.29, 0.717) is 13.2 Å². The summed E-state index contributed by atoms with van der Waals surface area (Å²) in [5, 5.41) is 14.0. The molecule has 37 heavy (non-hydrogen) atoms. The molecule has 0 amide bonds. The highest BCUT2D eigenvalue weighted by Crippen LogP contribution is 2.25. The molecule has 4 nitrogen and oxygen atoms in total. The van der Waals surface area contributed by atoms with E-state index < -0.39 is 18.2 Å². The predicted molar refractivity (Wildman–Crippen MR) is 147 cm³/mol. The number of rotatable bonds is 13. The zero-order chi connectivity index (χ0) is 25.7. The molecule has 4 aromatic carbocycles. The Morgan fingerprint density at radius 3 is 1.54 bits per heavy atom. The maximum absolute atomic E-state index is 10.4. The van der Waals surface area contributed by atoms with Crippen LogP contribution in [0.1, 0.15) is 28.3 Å². The van der Waals surface area contributed by atoms with Gasteiger partial charge in [0.05, 0.1) is 25.3 Å². The van der Waals surface area contributed by atoms with E-state index in [1.807, 2.05) is 97.1 Å². The van der Waals surface area contributed by atoms with Gasteiger partial charge in [0.2, 0.25) is 0 Å². The molecule has 0 radical (unpaired) electrons. The lowest BCUT2D eigenvalue weighted by Gasteiger charge is -2.32. The molecule has 0 aliphatic heterocycles. The molecule has 3 atom stereocenters. The summed E-state index contributed by atoms with van der Waals surface area (Å²) < 4.78 is 12.7. The lowest BCUT2D eigenvalue weighted by atomic mass is 9.96. The molecule has 0 saturated heterocycles. The lowest BCUT2D eigenvalue weighted by molar-refractivity contribution is -0.0733. The first-order chi connectivity index (χ1) is 18.3. The minimum atomic E-state index is -0.673. The molecule has 0 aliphatic rings. The van der Waals surface area contributed by atoms with E-state index in [1.54, 1.807) is 6.08 Å². The second kappa shape index (κ2) is 13.9. The van der Waals surface area contributed by atoms with E-state index in [1.165, 1.54) is 0 Å². The highest BCUT2D eigenvalue weighted by Gasteiger charge is 2.32. The van der Waals surface area contributed by atoms with Crippen molar-refractivity contribution < 1.29 is 9.47 Å². The molecule has 0 unspecified atom stereocenters. The maximum atomic E-state index is 10.4. The van der Waals surface area contributed by atoms with Crippen LogP contribution in [-0.4, -0.2) is 18.2 Å². The van der Waals surface area contributed by atoms with Crippen molar-refractivity contribution in [2.75, 3.05) is 0 Å². The van der Waals surface area contributed by atoms with Gasteiger partial charge in [-0.1, -0.05) is 127 Å². The maximum Gasteiger partial charge on any atom is 0.125 e. The van der Waals surface area contributed by atoms with Gasteiger partial charge in [-0.25, -0.2) is 0 Å². The second-order valence-corrected chi connectivity index (χ2v) is 8.79. The Kier molecular flexibility index (Phi) is 9.80. The minimum Gasteiger partial charge on any atom is -0.368 e. The summed E-state index contributed by atoms with van der Waals surface area (Å²) in [7, 11) is 0. The summed E-state index contributed by atoms with van der Waals surface area (Å²) >= 11 is 0. The quantitative estimate of drug-likeness (QED) is 0.215. The van der Waals surface area contributed by atoms with Gasteiger partial charge in [0.15, 0.2) is 0 Å². The molecule has 0 spiro atoms. The molecule has 0 heterocycles. The van der Waals surface area contributed by atoms with Crippen molar-refractivity contribution in [2.24, 2.45) is 0 Å². The summed E-state index contributed by atoms with van der Waals surface area (Å²) in [5.41, 5.74) is 4.20. The van der Waals surface area contributed by atoms with Crippen LogP contribution in [0.25, 0.3) is 0 Å². The first-order valence-electron chi connectivity index (χ1n) is 12.5. The summed E-state index contributed by atoms with van der Waals surface area (Å²) in [6.45, 7) is 4.76. The summed E-state index contributed by atoms with van der Waals surface area (Å²) in [4.78, 5) is 0. The van der Waals surface area contributed by atoms with Gasteiger partial charge in [0, 0.05) is 0 Å². The number of hydrogen-bond donors (Lipinski definition) is 1. The van der Waals surface area contributed by atoms with Crippen LogP contribution < -0.4 is 5.32 Å². The fraction of sp³-hybridized carbons (Fsp3) is 0.182. The van der Waals surface area contributed by atoms with Crippen molar-refractivity contribution in [1.82, 2.24) is 5.32 Å². The Hall–Kier alpha value is -4.01. The number of benzene rings is 4. The molecule has 0 saturated carbocycles. The van der Waals surface area contributed by atoms with Gasteiger partial charge in [-0.3, -0.25) is 5.32 Å². The zero-order valence-electron chi connectivity index (χ0n) is 20.8. The van der Waals surface area contributed by atoms with Gasteiger partial charge in [-0.2, -0.15) is 5.26 Å². The van der Waals surface area contributed by atoms with Crippen molar-refractivity contribution in [3.63, 3.8) is 0 Å². The Balaban J connectivity index is 1.61. The SMILES string of the molecule is C=C[C@@H](OCc1ccccc1)[C@H](OCc1ccccc1)[C@H](C#N)NC(c1ccccc1)c1ccccc1. The van der Waals surface area contributed by atoms with Crippen LogP contribution in [0.5, 0.6) is 0 Å². The van der Waals surface area contributed by atoms with Crippen molar-refractivity contribution in [3.05, 3.63) is 156 Å². The Labute approximate surface area is 219 Å². The van der Waals surface area contributed by atoms with Crippen LogP contribution in [0.4, 0.5) is 0 Å². The van der Waals surface area contributed by atoms with Crippen molar-refractivity contribution in [1.29, 1.82) is 5.26 Å². The van der Waals surface area contributed by atoms with Crippen LogP contribution in [-0.2, 0) is 22.7 Å². The van der Waals surface area contributed by atoms with Gasteiger partial charge in [-0.15, -0.1) is 6.58 Å². The van der Waals surface area contributed by atoms with Crippen molar-refractivity contribution in [2.45, 2.75) is 37.5 Å². The normalized spacial score (nSPS) is 13.4. The Bertz CT molecular complexity index is 1200. The molecular weight excluding hydrogens is 456 g/mol. The fourth-order valence-corrected chi connectivity index (χ4v) is 4.27. The predicted octanol–water partition coefficient (Wildman–Crippen LogP) is 6.61. The van der Waals surface area contributed by atoms with E-state index >= 15 is 0 Å². The second-order valence-electron chi connectivity index (χ2n) is 8.79. The van der Waals surface area contributed by atoms with Crippen LogP contribution in [0.15, 0.2) is 134 Å². The lowest BCUT2D eigenvalue weighted by Crippen LogP contribution is -2.48. The molecular formula is C33H32N2O2. The molecule has 1 N–H and O–H groups in total. The molecule has 0 bridgehead atoms. The molecule has 0 fully saturated rings. The van der Waals surface area contributed by atoms with E-state index in [4.69, 9.17) is 9.47 Å². The number of nitrogens with one attached hydrogen (secondary N) is 1. The molecule has 186 valence electrons. The molecule has 4 heteroatoms. The average molecular weight is 489 g/mol. The van der Waals surface area contributed by atoms with E-state index in [-0.39, 0.29) is 6.04 Å². The summed E-state index contributed by atoms with van der Waals surface area (Å²) in [6.07, 6.45) is 0.625. The van der Waals surface area contributed by atoms with Gasteiger partial charge in [-0.05, 0) is 22.3 Å². The monoisotopic (exact) mass is 488 g/mol. The van der Waals surface area contributed by atoms with Crippen molar-refractivity contribution >= 4 is 0 Å². The smallest absolute Gasteiger partial charge is 0.125 e. The third kappa shape index (κ3) is 7.49. The average Bonchev–Trinajstić information content (AvgIpc) is 2.98. The zero-order valence-corrected chi connectivity index (χ0v) is 20.8. The molecule has 4 rings (SSSR count). The Morgan fingerprint density at radius 1 is 0.676 bits per heavy atom. The first-order valence-corrected chi connectivity index (χ1v) is 12.5. The van der Waals surface area contributed by atoms with Crippen LogP contribution in [0.2, 0.25) is 0 Å². The molecule has 0 aromatic heterocycles. The third-order valence-electron chi connectivity index (χ3n) is 6.21. The van der Waals surface area contributed by atoms with Crippen LogP contribution in [0.3, 0.4) is 0 Å². The minimum absolute atomic E-state index is 0.200. The third-order valence-corrected chi connectivity index (χ3v) is 6.21. The fourth-order valence-electron chi connectivity index (χ4n) is 4.27. The van der Waals surface area contributed by atoms with Crippen molar-refractivity contribution in [3.8, 4) is 6.07 Å². The number of hydrogen-bond acceptors (Lipinski definition) is 4. The van der Waals surface area contributed by atoms with Gasteiger partial charge >= 0.3 is 0 Å².